The van der Waals surface area contributed by atoms with Gasteiger partial charge in [0.2, 0.25) is 5.91 Å². The third-order valence-corrected chi connectivity index (χ3v) is 4.70. The lowest BCUT2D eigenvalue weighted by Crippen LogP contribution is -2.42. The first-order valence-electron chi connectivity index (χ1n) is 8.84. The molecular weight excluding hydrogens is 443 g/mol. The lowest BCUT2D eigenvalue weighted by molar-refractivity contribution is -0.125. The number of carbonyl (C=O) groups excluding carboxylic acids is 1. The number of primary amides is 1. The fourth-order valence-corrected chi connectivity index (χ4v) is 2.88. The Kier molecular flexibility index (Phi) is 8.66. The zero-order chi connectivity index (χ0) is 18.4. The fraction of sp³-hybridized carbons (Fsp3) is 0.579. The summed E-state index contributed by atoms with van der Waals surface area (Å²) in [6, 6.07) is 8.28. The molecule has 1 fully saturated rings. The van der Waals surface area contributed by atoms with Gasteiger partial charge in [-0.25, -0.2) is 0 Å². The Morgan fingerprint density at radius 1 is 1.38 bits per heavy atom. The van der Waals surface area contributed by atoms with Crippen molar-refractivity contribution in [3.8, 4) is 5.75 Å². The molecule has 1 aliphatic heterocycles. The molecule has 146 valence electrons. The summed E-state index contributed by atoms with van der Waals surface area (Å²) in [5, 5.41) is 3.33. The molecule has 0 radical (unpaired) electrons. The van der Waals surface area contributed by atoms with Crippen LogP contribution in [0.1, 0.15) is 38.7 Å². The molecule has 1 heterocycles. The van der Waals surface area contributed by atoms with E-state index in [9.17, 15) is 4.79 Å². The van der Waals surface area contributed by atoms with Crippen molar-refractivity contribution in [3.63, 3.8) is 0 Å². The van der Waals surface area contributed by atoms with Crippen LogP contribution in [0.5, 0.6) is 5.75 Å². The van der Waals surface area contributed by atoms with Crippen LogP contribution < -0.4 is 15.8 Å². The minimum atomic E-state index is -0.643. The van der Waals surface area contributed by atoms with Crippen molar-refractivity contribution in [2.45, 2.75) is 33.1 Å². The summed E-state index contributed by atoms with van der Waals surface area (Å²) in [5.41, 5.74) is 6.13. The number of rotatable bonds is 6. The number of ether oxygens (including phenoxy) is 1. The number of benzene rings is 1. The minimum Gasteiger partial charge on any atom is -0.497 e. The molecule has 0 aromatic heterocycles. The van der Waals surface area contributed by atoms with E-state index in [1.54, 1.807) is 7.11 Å². The van der Waals surface area contributed by atoms with Gasteiger partial charge in [0.15, 0.2) is 5.96 Å². The number of amides is 1. The maximum Gasteiger partial charge on any atom is 0.224 e. The van der Waals surface area contributed by atoms with Gasteiger partial charge in [-0.2, -0.15) is 0 Å². The molecule has 0 saturated carbocycles. The van der Waals surface area contributed by atoms with Crippen LogP contribution in [-0.2, 0) is 4.79 Å². The van der Waals surface area contributed by atoms with E-state index in [2.05, 4.69) is 27.3 Å². The highest BCUT2D eigenvalue weighted by molar-refractivity contribution is 14.0. The monoisotopic (exact) mass is 474 g/mol. The van der Waals surface area contributed by atoms with Crippen LogP contribution in [-0.4, -0.2) is 50.1 Å². The molecule has 26 heavy (non-hydrogen) atoms. The van der Waals surface area contributed by atoms with Crippen LogP contribution in [0.15, 0.2) is 29.3 Å². The smallest absolute Gasteiger partial charge is 0.224 e. The average molecular weight is 474 g/mol. The van der Waals surface area contributed by atoms with Crippen LogP contribution in [0.4, 0.5) is 0 Å². The van der Waals surface area contributed by atoms with Crippen LogP contribution >= 0.6 is 24.0 Å². The second-order valence-electron chi connectivity index (χ2n) is 7.12. The van der Waals surface area contributed by atoms with Crippen molar-refractivity contribution < 1.29 is 9.53 Å². The first-order valence-corrected chi connectivity index (χ1v) is 8.84. The molecule has 6 nitrogen and oxygen atoms in total. The van der Waals surface area contributed by atoms with Gasteiger partial charge in [-0.05, 0) is 44.9 Å². The second-order valence-corrected chi connectivity index (χ2v) is 7.12. The Morgan fingerprint density at radius 3 is 2.58 bits per heavy atom. The van der Waals surface area contributed by atoms with E-state index in [0.717, 1.165) is 37.8 Å². The highest BCUT2D eigenvalue weighted by Gasteiger charge is 2.28. The molecule has 3 N–H and O–H groups in total. The summed E-state index contributed by atoms with van der Waals surface area (Å²) in [6.07, 6.45) is 1.08. The summed E-state index contributed by atoms with van der Waals surface area (Å²) in [7, 11) is 1.68. The topological polar surface area (TPSA) is 79.9 Å². The van der Waals surface area contributed by atoms with Crippen molar-refractivity contribution in [1.29, 1.82) is 0 Å². The Balaban J connectivity index is 0.00000338. The van der Waals surface area contributed by atoms with E-state index in [-0.39, 0.29) is 29.9 Å². The SMILES string of the molecule is CCNC(=NCC(C)(C)C(N)=O)N1CCC(c2ccc(OC)cc2)C1.I. The normalized spacial score (nSPS) is 17.6. The number of carbonyl (C=O) groups is 1. The van der Waals surface area contributed by atoms with Crippen LogP contribution in [0.25, 0.3) is 0 Å². The molecule has 7 heteroatoms. The number of nitrogens with two attached hydrogens (primary N) is 1. The minimum absolute atomic E-state index is 0. The zero-order valence-corrected chi connectivity index (χ0v) is 18.4. The summed E-state index contributed by atoms with van der Waals surface area (Å²) < 4.78 is 5.23. The van der Waals surface area contributed by atoms with E-state index >= 15 is 0 Å². The zero-order valence-electron chi connectivity index (χ0n) is 16.1. The molecule has 1 unspecified atom stereocenters. The number of nitrogens with zero attached hydrogens (tertiary/aromatic N) is 2. The second kappa shape index (κ2) is 9.99. The molecule has 1 amide bonds. The van der Waals surface area contributed by atoms with Gasteiger partial charge < -0.3 is 20.7 Å². The maximum absolute atomic E-state index is 11.5. The van der Waals surface area contributed by atoms with E-state index in [1.165, 1.54) is 5.56 Å². The predicted molar refractivity (Wildman–Crippen MR) is 116 cm³/mol. The number of hydrogen-bond donors (Lipinski definition) is 2. The largest absolute Gasteiger partial charge is 0.497 e. The van der Waals surface area contributed by atoms with Gasteiger partial charge in [-0.3, -0.25) is 9.79 Å². The Labute approximate surface area is 173 Å². The molecule has 0 aliphatic carbocycles. The van der Waals surface area contributed by atoms with Gasteiger partial charge >= 0.3 is 0 Å². The quantitative estimate of drug-likeness (QED) is 0.378. The van der Waals surface area contributed by atoms with E-state index in [1.807, 2.05) is 32.9 Å². The first kappa shape index (κ1) is 22.5. The molecular formula is C19H31IN4O2. The number of halogens is 1. The van der Waals surface area contributed by atoms with Crippen LogP contribution in [0, 0.1) is 5.41 Å². The van der Waals surface area contributed by atoms with E-state index in [0.29, 0.717) is 12.5 Å². The molecule has 1 aromatic rings. The lowest BCUT2D eigenvalue weighted by Gasteiger charge is -2.24. The molecule has 1 aliphatic rings. The summed E-state index contributed by atoms with van der Waals surface area (Å²) in [5.74, 6) is 1.87. The third-order valence-electron chi connectivity index (χ3n) is 4.70. The third kappa shape index (κ3) is 5.75. The van der Waals surface area contributed by atoms with Gasteiger partial charge in [0.25, 0.3) is 0 Å². The van der Waals surface area contributed by atoms with Gasteiger partial charge in [0, 0.05) is 25.6 Å². The fourth-order valence-electron chi connectivity index (χ4n) is 2.88. The highest BCUT2D eigenvalue weighted by atomic mass is 127. The van der Waals surface area contributed by atoms with Gasteiger partial charge in [0.05, 0.1) is 19.1 Å². The molecule has 1 aromatic carbocycles. The lowest BCUT2D eigenvalue weighted by atomic mass is 9.93. The summed E-state index contributed by atoms with van der Waals surface area (Å²) in [4.78, 5) is 18.4. The number of guanidine groups is 1. The Morgan fingerprint density at radius 2 is 2.04 bits per heavy atom. The first-order chi connectivity index (χ1) is 11.9. The van der Waals surface area contributed by atoms with Crippen LogP contribution in [0.2, 0.25) is 0 Å². The summed E-state index contributed by atoms with van der Waals surface area (Å²) >= 11 is 0. The van der Waals surface area contributed by atoms with Crippen molar-refractivity contribution in [1.82, 2.24) is 10.2 Å². The standard InChI is InChI=1S/C19H30N4O2.HI/c1-5-21-18(22-13-19(2,3)17(20)24)23-11-10-15(12-23)14-6-8-16(25-4)9-7-14;/h6-9,15H,5,10-13H2,1-4H3,(H2,20,24)(H,21,22);1H. The molecule has 0 spiro atoms. The molecule has 1 saturated heterocycles. The highest BCUT2D eigenvalue weighted by Crippen LogP contribution is 2.28. The number of likely N-dealkylation sites (tertiary alicyclic amines) is 1. The van der Waals surface area contributed by atoms with Crippen molar-refractivity contribution >= 4 is 35.8 Å². The molecule has 0 bridgehead atoms. The number of hydrogen-bond acceptors (Lipinski definition) is 3. The van der Waals surface area contributed by atoms with Gasteiger partial charge in [-0.15, -0.1) is 24.0 Å². The van der Waals surface area contributed by atoms with Gasteiger partial charge in [-0.1, -0.05) is 12.1 Å². The Bertz CT molecular complexity index is 616. The predicted octanol–water partition coefficient (Wildman–Crippen LogP) is 2.58. The van der Waals surface area contributed by atoms with Crippen molar-refractivity contribution in [2.75, 3.05) is 33.3 Å². The number of methoxy groups -OCH3 is 1. The molecule has 2 rings (SSSR count). The van der Waals surface area contributed by atoms with Crippen LogP contribution in [0.3, 0.4) is 0 Å². The number of aliphatic imine (C=N–C) groups is 1. The average Bonchev–Trinajstić information content (AvgIpc) is 3.08. The van der Waals surface area contributed by atoms with Crippen molar-refractivity contribution in [2.24, 2.45) is 16.1 Å². The van der Waals surface area contributed by atoms with Crippen molar-refractivity contribution in [3.05, 3.63) is 29.8 Å². The molecule has 1 atom stereocenters. The Hall–Kier alpha value is -1.51. The van der Waals surface area contributed by atoms with E-state index < -0.39 is 5.41 Å². The summed E-state index contributed by atoms with van der Waals surface area (Å²) in [6.45, 7) is 8.73. The van der Waals surface area contributed by atoms with Gasteiger partial charge in [0.1, 0.15) is 5.75 Å². The maximum atomic E-state index is 11.5. The van der Waals surface area contributed by atoms with E-state index in [4.69, 9.17) is 10.5 Å². The number of nitrogens with one attached hydrogen (secondary N) is 1.